The maximum Gasteiger partial charge on any atom is 0.162 e. The molecule has 1 heterocycles. The summed E-state index contributed by atoms with van der Waals surface area (Å²) in [6.07, 6.45) is 6.24. The summed E-state index contributed by atoms with van der Waals surface area (Å²) in [6.45, 7) is 3.10. The van der Waals surface area contributed by atoms with Gasteiger partial charge in [0, 0.05) is 4.47 Å². The molecule has 1 aliphatic carbocycles. The van der Waals surface area contributed by atoms with Crippen LogP contribution in [0.4, 0.5) is 0 Å². The van der Waals surface area contributed by atoms with Crippen molar-refractivity contribution in [1.82, 2.24) is 5.32 Å². The van der Waals surface area contributed by atoms with Gasteiger partial charge in [0.15, 0.2) is 11.5 Å². The Morgan fingerprint density at radius 1 is 1.10 bits per heavy atom. The molecule has 0 radical (unpaired) electrons. The van der Waals surface area contributed by atoms with Crippen LogP contribution in [0, 0.1) is 11.8 Å². The lowest BCUT2D eigenvalue weighted by Crippen LogP contribution is -2.28. The average Bonchev–Trinajstić information content (AvgIpc) is 3.32. The summed E-state index contributed by atoms with van der Waals surface area (Å²) in [4.78, 5) is 0. The third-order valence-corrected chi connectivity index (χ3v) is 5.21. The minimum atomic E-state index is 0.753. The minimum Gasteiger partial charge on any atom is -0.493 e. The predicted molar refractivity (Wildman–Crippen MR) is 88.2 cm³/mol. The van der Waals surface area contributed by atoms with Crippen LogP contribution in [0.5, 0.6) is 11.5 Å². The Morgan fingerprint density at radius 2 is 1.86 bits per heavy atom. The van der Waals surface area contributed by atoms with Crippen molar-refractivity contribution in [2.24, 2.45) is 11.8 Å². The molecule has 3 rings (SSSR count). The highest BCUT2D eigenvalue weighted by molar-refractivity contribution is 9.10. The van der Waals surface area contributed by atoms with E-state index in [0.29, 0.717) is 0 Å². The summed E-state index contributed by atoms with van der Waals surface area (Å²) in [5.41, 5.74) is 1.33. The van der Waals surface area contributed by atoms with Gasteiger partial charge in [-0.15, -0.1) is 0 Å². The molecular formula is C17H24BrNO2. The number of methoxy groups -OCH3 is 1. The van der Waals surface area contributed by atoms with Crippen molar-refractivity contribution in [1.29, 1.82) is 0 Å². The molecule has 2 aliphatic rings. The van der Waals surface area contributed by atoms with Crippen LogP contribution < -0.4 is 14.8 Å². The van der Waals surface area contributed by atoms with Gasteiger partial charge in [0.05, 0.1) is 13.7 Å². The van der Waals surface area contributed by atoms with Crippen molar-refractivity contribution in [2.75, 3.05) is 26.8 Å². The number of piperidine rings is 1. The molecule has 1 saturated heterocycles. The second kappa shape index (κ2) is 7.01. The van der Waals surface area contributed by atoms with Crippen molar-refractivity contribution < 1.29 is 9.47 Å². The number of ether oxygens (including phenoxy) is 2. The third kappa shape index (κ3) is 4.13. The SMILES string of the molecule is COc1cc(CC2CCNCC2)c(Br)cc1OCC1CC1. The molecule has 0 unspecified atom stereocenters. The van der Waals surface area contributed by atoms with Crippen LogP contribution in [0.1, 0.15) is 31.2 Å². The van der Waals surface area contributed by atoms with Crippen LogP contribution in [-0.2, 0) is 6.42 Å². The van der Waals surface area contributed by atoms with Crippen LogP contribution in [0.15, 0.2) is 16.6 Å². The second-order valence-corrected chi connectivity index (χ2v) is 7.10. The summed E-state index contributed by atoms with van der Waals surface area (Å²) in [6, 6.07) is 4.23. The first-order chi connectivity index (χ1) is 10.3. The van der Waals surface area contributed by atoms with Crippen molar-refractivity contribution in [3.63, 3.8) is 0 Å². The molecule has 1 aromatic rings. The number of hydrogen-bond donors (Lipinski definition) is 1. The zero-order valence-electron chi connectivity index (χ0n) is 12.7. The van der Waals surface area contributed by atoms with Crippen LogP contribution >= 0.6 is 15.9 Å². The van der Waals surface area contributed by atoms with Crippen LogP contribution in [0.2, 0.25) is 0 Å². The van der Waals surface area contributed by atoms with E-state index in [1.165, 1.54) is 31.2 Å². The van der Waals surface area contributed by atoms with Gasteiger partial charge < -0.3 is 14.8 Å². The maximum absolute atomic E-state index is 5.91. The number of rotatable bonds is 6. The van der Waals surface area contributed by atoms with Crippen LogP contribution in [0.25, 0.3) is 0 Å². The van der Waals surface area contributed by atoms with Gasteiger partial charge in [0.25, 0.3) is 0 Å². The highest BCUT2D eigenvalue weighted by Gasteiger charge is 2.23. The Hall–Kier alpha value is -0.740. The van der Waals surface area contributed by atoms with Gasteiger partial charge >= 0.3 is 0 Å². The Kier molecular flexibility index (Phi) is 5.07. The molecule has 0 atom stereocenters. The first kappa shape index (κ1) is 15.2. The average molecular weight is 354 g/mol. The lowest BCUT2D eigenvalue weighted by atomic mass is 9.91. The Labute approximate surface area is 135 Å². The fourth-order valence-corrected chi connectivity index (χ4v) is 3.38. The molecule has 1 aliphatic heterocycles. The maximum atomic E-state index is 5.91. The normalized spacial score (nSPS) is 19.5. The van der Waals surface area contributed by atoms with E-state index in [-0.39, 0.29) is 0 Å². The van der Waals surface area contributed by atoms with Gasteiger partial charge in [-0.05, 0) is 74.7 Å². The second-order valence-electron chi connectivity index (χ2n) is 6.25. The molecule has 4 heteroatoms. The molecule has 0 amide bonds. The van der Waals surface area contributed by atoms with Crippen molar-refractivity contribution in [2.45, 2.75) is 32.1 Å². The van der Waals surface area contributed by atoms with Crippen LogP contribution in [-0.4, -0.2) is 26.8 Å². The van der Waals surface area contributed by atoms with Crippen molar-refractivity contribution >= 4 is 15.9 Å². The molecule has 1 N–H and O–H groups in total. The number of hydrogen-bond acceptors (Lipinski definition) is 3. The molecule has 0 spiro atoms. The summed E-state index contributed by atoms with van der Waals surface area (Å²) < 4.78 is 12.6. The van der Waals surface area contributed by atoms with Crippen molar-refractivity contribution in [3.05, 3.63) is 22.2 Å². The minimum absolute atomic E-state index is 0.753. The molecule has 2 fully saturated rings. The highest BCUT2D eigenvalue weighted by Crippen LogP contribution is 2.37. The van der Waals surface area contributed by atoms with E-state index in [4.69, 9.17) is 9.47 Å². The smallest absolute Gasteiger partial charge is 0.162 e. The largest absolute Gasteiger partial charge is 0.493 e. The summed E-state index contributed by atoms with van der Waals surface area (Å²) in [7, 11) is 1.72. The summed E-state index contributed by atoms with van der Waals surface area (Å²) in [5.74, 6) is 3.25. The molecule has 1 aromatic carbocycles. The van der Waals surface area contributed by atoms with Gasteiger partial charge in [-0.2, -0.15) is 0 Å². The highest BCUT2D eigenvalue weighted by atomic mass is 79.9. The first-order valence-electron chi connectivity index (χ1n) is 7.96. The molecule has 0 aromatic heterocycles. The number of benzene rings is 1. The van der Waals surface area contributed by atoms with E-state index >= 15 is 0 Å². The first-order valence-corrected chi connectivity index (χ1v) is 8.75. The Morgan fingerprint density at radius 3 is 2.52 bits per heavy atom. The zero-order valence-corrected chi connectivity index (χ0v) is 14.2. The number of halogens is 1. The molecule has 0 bridgehead atoms. The zero-order chi connectivity index (χ0) is 14.7. The summed E-state index contributed by atoms with van der Waals surface area (Å²) >= 11 is 3.71. The topological polar surface area (TPSA) is 30.5 Å². The van der Waals surface area contributed by atoms with E-state index in [9.17, 15) is 0 Å². The van der Waals surface area contributed by atoms with Gasteiger partial charge in [0.2, 0.25) is 0 Å². The van der Waals surface area contributed by atoms with Crippen molar-refractivity contribution in [3.8, 4) is 11.5 Å². The Balaban J connectivity index is 1.70. The predicted octanol–water partition coefficient (Wildman–Crippen LogP) is 3.79. The van der Waals surface area contributed by atoms with Crippen LogP contribution in [0.3, 0.4) is 0 Å². The fraction of sp³-hybridized carbons (Fsp3) is 0.647. The van der Waals surface area contributed by atoms with Gasteiger partial charge in [-0.1, -0.05) is 15.9 Å². The van der Waals surface area contributed by atoms with E-state index in [0.717, 1.165) is 53.9 Å². The lowest BCUT2D eigenvalue weighted by molar-refractivity contribution is 0.280. The van der Waals surface area contributed by atoms with E-state index in [1.807, 2.05) is 0 Å². The monoisotopic (exact) mass is 353 g/mol. The molecule has 116 valence electrons. The van der Waals surface area contributed by atoms with Gasteiger partial charge in [-0.25, -0.2) is 0 Å². The van der Waals surface area contributed by atoms with E-state index < -0.39 is 0 Å². The third-order valence-electron chi connectivity index (χ3n) is 4.47. The van der Waals surface area contributed by atoms with E-state index in [1.54, 1.807) is 7.11 Å². The fourth-order valence-electron chi connectivity index (χ4n) is 2.89. The summed E-state index contributed by atoms with van der Waals surface area (Å²) in [5, 5.41) is 3.42. The molecule has 3 nitrogen and oxygen atoms in total. The lowest BCUT2D eigenvalue weighted by Gasteiger charge is -2.23. The molecule has 21 heavy (non-hydrogen) atoms. The standard InChI is InChI=1S/C17H24BrNO2/c1-20-16-9-14(8-12-4-6-19-7-5-12)15(18)10-17(16)21-11-13-2-3-13/h9-10,12-13,19H,2-8,11H2,1H3. The van der Waals surface area contributed by atoms with Gasteiger partial charge in [0.1, 0.15) is 0 Å². The molecular weight excluding hydrogens is 330 g/mol. The Bertz CT molecular complexity index is 482. The number of nitrogens with one attached hydrogen (secondary N) is 1. The quantitative estimate of drug-likeness (QED) is 0.843. The van der Waals surface area contributed by atoms with Gasteiger partial charge in [-0.3, -0.25) is 0 Å². The van der Waals surface area contributed by atoms with E-state index in [2.05, 4.69) is 33.4 Å². The molecule has 1 saturated carbocycles.